The minimum Gasteiger partial charge on any atom is -0.339 e. The lowest BCUT2D eigenvalue weighted by atomic mass is 10.1. The van der Waals surface area contributed by atoms with Crippen LogP contribution in [-0.4, -0.2) is 72.8 Å². The number of hydrogen-bond acceptors (Lipinski definition) is 6. The monoisotopic (exact) mass is 281 g/mol. The molecule has 2 unspecified atom stereocenters. The van der Waals surface area contributed by atoms with Crippen LogP contribution in [0, 0.1) is 0 Å². The zero-order valence-electron chi connectivity index (χ0n) is 13.1. The van der Waals surface area contributed by atoms with Crippen molar-refractivity contribution in [3.8, 4) is 0 Å². The Morgan fingerprint density at radius 3 is 2.95 bits per heavy atom. The summed E-state index contributed by atoms with van der Waals surface area (Å²) < 4.78 is 5.39. The van der Waals surface area contributed by atoms with Gasteiger partial charge < -0.3 is 19.6 Å². The minimum absolute atomic E-state index is 0.267. The molecule has 1 fully saturated rings. The van der Waals surface area contributed by atoms with Crippen LogP contribution in [0.1, 0.15) is 31.5 Å². The van der Waals surface area contributed by atoms with Crippen LogP contribution < -0.4 is 5.32 Å². The van der Waals surface area contributed by atoms with E-state index < -0.39 is 0 Å². The maximum absolute atomic E-state index is 5.39. The number of aromatic nitrogens is 2. The summed E-state index contributed by atoms with van der Waals surface area (Å²) in [6.07, 6.45) is 0.859. The Morgan fingerprint density at radius 1 is 1.40 bits per heavy atom. The Hall–Kier alpha value is -0.980. The van der Waals surface area contributed by atoms with Crippen LogP contribution in [0.3, 0.4) is 0 Å². The van der Waals surface area contributed by atoms with Gasteiger partial charge in [-0.3, -0.25) is 0 Å². The summed E-state index contributed by atoms with van der Waals surface area (Å²) >= 11 is 0. The minimum atomic E-state index is 0.267. The summed E-state index contributed by atoms with van der Waals surface area (Å²) in [5.41, 5.74) is 0. The summed E-state index contributed by atoms with van der Waals surface area (Å²) in [5.74, 6) is 1.84. The van der Waals surface area contributed by atoms with Crippen molar-refractivity contribution in [1.29, 1.82) is 0 Å². The zero-order valence-corrected chi connectivity index (χ0v) is 13.1. The van der Waals surface area contributed by atoms with Gasteiger partial charge in [-0.2, -0.15) is 4.98 Å². The van der Waals surface area contributed by atoms with E-state index in [1.807, 2.05) is 0 Å². The van der Waals surface area contributed by atoms with Gasteiger partial charge in [0.15, 0.2) is 5.82 Å². The predicted molar refractivity (Wildman–Crippen MR) is 78.9 cm³/mol. The van der Waals surface area contributed by atoms with E-state index in [0.29, 0.717) is 6.04 Å². The van der Waals surface area contributed by atoms with Gasteiger partial charge in [-0.15, -0.1) is 0 Å². The van der Waals surface area contributed by atoms with Crippen LogP contribution >= 0.6 is 0 Å². The molecule has 0 aromatic carbocycles. The topological polar surface area (TPSA) is 57.4 Å². The fourth-order valence-electron chi connectivity index (χ4n) is 2.53. The largest absolute Gasteiger partial charge is 0.339 e. The Labute approximate surface area is 121 Å². The molecule has 0 aliphatic carbocycles. The van der Waals surface area contributed by atoms with E-state index in [2.05, 4.69) is 53.2 Å². The van der Waals surface area contributed by atoms with Gasteiger partial charge in [0.2, 0.25) is 5.89 Å². The van der Waals surface area contributed by atoms with Gasteiger partial charge in [-0.25, -0.2) is 0 Å². The molecule has 0 bridgehead atoms. The molecule has 1 aromatic rings. The van der Waals surface area contributed by atoms with E-state index in [-0.39, 0.29) is 5.92 Å². The molecule has 2 atom stereocenters. The summed E-state index contributed by atoms with van der Waals surface area (Å²) in [6, 6.07) is 0.475. The first-order chi connectivity index (χ1) is 9.60. The number of rotatable bonds is 6. The van der Waals surface area contributed by atoms with Gasteiger partial charge >= 0.3 is 0 Å². The molecular formula is C14H27N5O. The van der Waals surface area contributed by atoms with Crippen LogP contribution in [0.4, 0.5) is 0 Å². The highest BCUT2D eigenvalue weighted by atomic mass is 16.5. The maximum atomic E-state index is 5.39. The Bertz CT molecular complexity index is 408. The van der Waals surface area contributed by atoms with E-state index in [0.717, 1.165) is 50.9 Å². The number of nitrogens with one attached hydrogen (secondary N) is 1. The average molecular weight is 281 g/mol. The molecule has 0 spiro atoms. The van der Waals surface area contributed by atoms with Gasteiger partial charge in [-0.05, 0) is 20.6 Å². The molecule has 2 heterocycles. The van der Waals surface area contributed by atoms with Gasteiger partial charge in [0.05, 0.1) is 0 Å². The normalized spacial score (nSPS) is 23.1. The lowest BCUT2D eigenvalue weighted by molar-refractivity contribution is 0.113. The summed E-state index contributed by atoms with van der Waals surface area (Å²) in [5, 5.41) is 7.45. The first kappa shape index (κ1) is 15.4. The van der Waals surface area contributed by atoms with Crippen LogP contribution in [0.25, 0.3) is 0 Å². The van der Waals surface area contributed by atoms with Crippen molar-refractivity contribution in [3.63, 3.8) is 0 Å². The van der Waals surface area contributed by atoms with Crippen LogP contribution in [0.2, 0.25) is 0 Å². The van der Waals surface area contributed by atoms with E-state index in [1.54, 1.807) is 0 Å². The summed E-state index contributed by atoms with van der Waals surface area (Å²) in [4.78, 5) is 9.30. The number of hydrogen-bond donors (Lipinski definition) is 1. The Kier molecular flexibility index (Phi) is 5.51. The van der Waals surface area contributed by atoms with E-state index in [4.69, 9.17) is 4.52 Å². The fraction of sp³-hybridized carbons (Fsp3) is 0.857. The third-order valence-corrected chi connectivity index (χ3v) is 4.00. The molecule has 0 radical (unpaired) electrons. The van der Waals surface area contributed by atoms with Gasteiger partial charge in [0.25, 0.3) is 0 Å². The number of piperazine rings is 1. The van der Waals surface area contributed by atoms with E-state index >= 15 is 0 Å². The molecule has 2 rings (SSSR count). The van der Waals surface area contributed by atoms with Crippen molar-refractivity contribution >= 4 is 0 Å². The molecule has 0 amide bonds. The first-order valence-corrected chi connectivity index (χ1v) is 7.52. The van der Waals surface area contributed by atoms with Crippen molar-refractivity contribution in [2.24, 2.45) is 0 Å². The molecule has 114 valence electrons. The standard InChI is InChI=1S/C14H27N5O/c1-5-15-9-11(2)14-16-13(17-20-14)8-12-10-18(3)6-7-19(12)4/h11-12,15H,5-10H2,1-4H3. The third-order valence-electron chi connectivity index (χ3n) is 4.00. The van der Waals surface area contributed by atoms with Gasteiger partial charge in [0, 0.05) is 44.6 Å². The third kappa shape index (κ3) is 4.01. The second-order valence-electron chi connectivity index (χ2n) is 5.86. The van der Waals surface area contributed by atoms with E-state index in [1.165, 1.54) is 0 Å². The molecule has 1 aromatic heterocycles. The van der Waals surface area contributed by atoms with Crippen molar-refractivity contribution in [1.82, 2.24) is 25.3 Å². The van der Waals surface area contributed by atoms with Crippen molar-refractivity contribution in [2.75, 3.05) is 46.8 Å². The summed E-state index contributed by atoms with van der Waals surface area (Å²) in [7, 11) is 4.34. The SMILES string of the molecule is CCNCC(C)c1nc(CC2CN(C)CCN2C)no1. The van der Waals surface area contributed by atoms with Crippen LogP contribution in [-0.2, 0) is 6.42 Å². The highest BCUT2D eigenvalue weighted by molar-refractivity contribution is 4.96. The molecule has 0 saturated carbocycles. The van der Waals surface area contributed by atoms with Crippen molar-refractivity contribution in [2.45, 2.75) is 32.2 Å². The Balaban J connectivity index is 1.91. The summed E-state index contributed by atoms with van der Waals surface area (Å²) in [6.45, 7) is 9.34. The first-order valence-electron chi connectivity index (χ1n) is 7.52. The predicted octanol–water partition coefficient (Wildman–Crippen LogP) is 0.571. The average Bonchev–Trinajstić information content (AvgIpc) is 2.89. The molecular weight excluding hydrogens is 254 g/mol. The number of nitrogens with zero attached hydrogens (tertiary/aromatic N) is 4. The fourth-order valence-corrected chi connectivity index (χ4v) is 2.53. The van der Waals surface area contributed by atoms with Crippen molar-refractivity contribution < 1.29 is 4.52 Å². The second kappa shape index (κ2) is 7.15. The smallest absolute Gasteiger partial charge is 0.230 e. The quantitative estimate of drug-likeness (QED) is 0.823. The Morgan fingerprint density at radius 2 is 2.20 bits per heavy atom. The molecule has 1 N–H and O–H groups in total. The molecule has 6 nitrogen and oxygen atoms in total. The molecule has 1 aliphatic heterocycles. The molecule has 1 saturated heterocycles. The van der Waals surface area contributed by atoms with Crippen LogP contribution in [0.15, 0.2) is 4.52 Å². The lowest BCUT2D eigenvalue weighted by Crippen LogP contribution is -2.50. The zero-order chi connectivity index (χ0) is 14.5. The second-order valence-corrected chi connectivity index (χ2v) is 5.86. The van der Waals surface area contributed by atoms with E-state index in [9.17, 15) is 0 Å². The van der Waals surface area contributed by atoms with Crippen LogP contribution in [0.5, 0.6) is 0 Å². The molecule has 1 aliphatic rings. The van der Waals surface area contributed by atoms with Gasteiger partial charge in [0.1, 0.15) is 0 Å². The highest BCUT2D eigenvalue weighted by Gasteiger charge is 2.24. The molecule has 20 heavy (non-hydrogen) atoms. The maximum Gasteiger partial charge on any atom is 0.230 e. The lowest BCUT2D eigenvalue weighted by Gasteiger charge is -2.37. The highest BCUT2D eigenvalue weighted by Crippen LogP contribution is 2.15. The number of likely N-dealkylation sites (N-methyl/N-ethyl adjacent to an activating group) is 3. The van der Waals surface area contributed by atoms with Gasteiger partial charge in [-0.1, -0.05) is 19.0 Å². The molecule has 6 heteroatoms. The van der Waals surface area contributed by atoms with Crippen molar-refractivity contribution in [3.05, 3.63) is 11.7 Å².